The van der Waals surface area contributed by atoms with Crippen molar-refractivity contribution in [3.63, 3.8) is 0 Å². The highest BCUT2D eigenvalue weighted by Gasteiger charge is 2.23. The van der Waals surface area contributed by atoms with Crippen molar-refractivity contribution < 1.29 is 4.74 Å². The number of methoxy groups -OCH3 is 1. The summed E-state index contributed by atoms with van der Waals surface area (Å²) in [6, 6.07) is 8.14. The summed E-state index contributed by atoms with van der Waals surface area (Å²) in [6.07, 6.45) is 3.56. The van der Waals surface area contributed by atoms with Crippen molar-refractivity contribution in [1.29, 1.82) is 0 Å². The first-order chi connectivity index (χ1) is 11.8. The molecule has 0 spiro atoms. The minimum absolute atomic E-state index is 0.322. The predicted molar refractivity (Wildman–Crippen MR) is 92.9 cm³/mol. The molecule has 0 amide bonds. The summed E-state index contributed by atoms with van der Waals surface area (Å²) < 4.78 is 7.35. The highest BCUT2D eigenvalue weighted by Crippen LogP contribution is 2.34. The van der Waals surface area contributed by atoms with Gasteiger partial charge in [-0.25, -0.2) is 14.6 Å². The largest absolute Gasteiger partial charge is 0.497 e. The van der Waals surface area contributed by atoms with E-state index in [1.807, 2.05) is 28.9 Å². The highest BCUT2D eigenvalue weighted by atomic mass is 16.5. The van der Waals surface area contributed by atoms with Gasteiger partial charge in [0.1, 0.15) is 23.6 Å². The summed E-state index contributed by atoms with van der Waals surface area (Å²) in [5, 5.41) is 9.06. The van der Waals surface area contributed by atoms with Crippen LogP contribution in [0.2, 0.25) is 0 Å². The standard InChI is InChI=1S/C17H20N6O/c1-24-13-4-2-3-11(9-13)15-14-16(18)20-10-21-17(14)23(22-15)12-5-7-19-8-6-12/h2-4,9-10,12,19H,5-8H2,1H3,(H2,18,20,21). The van der Waals surface area contributed by atoms with Crippen molar-refractivity contribution in [2.45, 2.75) is 18.9 Å². The minimum atomic E-state index is 0.322. The lowest BCUT2D eigenvalue weighted by Gasteiger charge is -2.23. The van der Waals surface area contributed by atoms with Gasteiger partial charge in [0.15, 0.2) is 5.65 Å². The Balaban J connectivity index is 1.91. The second-order valence-corrected chi connectivity index (χ2v) is 5.96. The van der Waals surface area contributed by atoms with Gasteiger partial charge in [-0.2, -0.15) is 5.10 Å². The lowest BCUT2D eigenvalue weighted by Crippen LogP contribution is -2.30. The van der Waals surface area contributed by atoms with Crippen LogP contribution in [-0.4, -0.2) is 39.9 Å². The number of ether oxygens (including phenoxy) is 1. The molecule has 1 saturated heterocycles. The molecule has 3 N–H and O–H groups in total. The Morgan fingerprint density at radius 2 is 2.08 bits per heavy atom. The molecule has 24 heavy (non-hydrogen) atoms. The van der Waals surface area contributed by atoms with E-state index < -0.39 is 0 Å². The second kappa shape index (κ2) is 6.09. The zero-order chi connectivity index (χ0) is 16.5. The summed E-state index contributed by atoms with van der Waals surface area (Å²) in [4.78, 5) is 8.63. The maximum atomic E-state index is 6.16. The number of aromatic nitrogens is 4. The SMILES string of the molecule is COc1cccc(-c2nn(C3CCNCC3)c3ncnc(N)c23)c1. The summed E-state index contributed by atoms with van der Waals surface area (Å²) in [5.41, 5.74) is 8.72. The third-order valence-electron chi connectivity index (χ3n) is 4.52. The number of nitrogens with two attached hydrogens (primary N) is 1. The molecule has 3 heterocycles. The molecule has 0 radical (unpaired) electrons. The zero-order valence-corrected chi connectivity index (χ0v) is 13.6. The van der Waals surface area contributed by atoms with E-state index in [-0.39, 0.29) is 0 Å². The van der Waals surface area contributed by atoms with E-state index in [1.165, 1.54) is 6.33 Å². The summed E-state index contributed by atoms with van der Waals surface area (Å²) >= 11 is 0. The van der Waals surface area contributed by atoms with Crippen LogP contribution >= 0.6 is 0 Å². The molecule has 0 bridgehead atoms. The van der Waals surface area contributed by atoms with Gasteiger partial charge in [-0.05, 0) is 38.1 Å². The lowest BCUT2D eigenvalue weighted by molar-refractivity contribution is 0.350. The Morgan fingerprint density at radius 3 is 2.88 bits per heavy atom. The lowest BCUT2D eigenvalue weighted by atomic mass is 10.1. The number of hydrogen-bond acceptors (Lipinski definition) is 6. The molecule has 4 rings (SSSR count). The third kappa shape index (κ3) is 2.46. The molecule has 7 nitrogen and oxygen atoms in total. The molecule has 124 valence electrons. The number of hydrogen-bond donors (Lipinski definition) is 2. The number of anilines is 1. The molecule has 0 unspecified atom stereocenters. The quantitative estimate of drug-likeness (QED) is 0.766. The average molecular weight is 324 g/mol. The average Bonchev–Trinajstić information content (AvgIpc) is 3.04. The van der Waals surface area contributed by atoms with Crippen LogP contribution in [0.5, 0.6) is 5.75 Å². The van der Waals surface area contributed by atoms with Gasteiger partial charge in [0.2, 0.25) is 0 Å². The molecule has 2 aromatic heterocycles. The highest BCUT2D eigenvalue weighted by molar-refractivity contribution is 5.98. The molecular formula is C17H20N6O. The van der Waals surface area contributed by atoms with Crippen molar-refractivity contribution in [3.05, 3.63) is 30.6 Å². The first-order valence-electron chi connectivity index (χ1n) is 8.12. The summed E-state index contributed by atoms with van der Waals surface area (Å²) in [6.45, 7) is 1.97. The fourth-order valence-electron chi connectivity index (χ4n) is 3.27. The predicted octanol–water partition coefficient (Wildman–Crippen LogP) is 2.01. The molecule has 0 aliphatic carbocycles. The number of nitrogens with one attached hydrogen (secondary N) is 1. The maximum Gasteiger partial charge on any atom is 0.164 e. The first kappa shape index (κ1) is 14.9. The van der Waals surface area contributed by atoms with Gasteiger partial charge in [0, 0.05) is 5.56 Å². The van der Waals surface area contributed by atoms with Crippen molar-refractivity contribution in [2.24, 2.45) is 0 Å². The molecule has 3 aromatic rings. The summed E-state index contributed by atoms with van der Waals surface area (Å²) in [7, 11) is 1.66. The maximum absolute atomic E-state index is 6.16. The van der Waals surface area contributed by atoms with E-state index in [1.54, 1.807) is 7.11 Å². The van der Waals surface area contributed by atoms with Gasteiger partial charge in [-0.3, -0.25) is 0 Å². The fourth-order valence-corrected chi connectivity index (χ4v) is 3.27. The number of piperidine rings is 1. The van der Waals surface area contributed by atoms with Crippen molar-refractivity contribution in [1.82, 2.24) is 25.1 Å². The van der Waals surface area contributed by atoms with Gasteiger partial charge in [-0.1, -0.05) is 12.1 Å². The molecule has 1 aliphatic rings. The van der Waals surface area contributed by atoms with Crippen LogP contribution in [0.15, 0.2) is 30.6 Å². The molecule has 1 aliphatic heterocycles. The molecule has 7 heteroatoms. The second-order valence-electron chi connectivity index (χ2n) is 5.96. The Hall–Kier alpha value is -2.67. The van der Waals surface area contributed by atoms with Gasteiger partial charge in [0.25, 0.3) is 0 Å². The molecular weight excluding hydrogens is 304 g/mol. The van der Waals surface area contributed by atoms with Crippen LogP contribution in [0.25, 0.3) is 22.3 Å². The Labute approximate surface area is 139 Å². The van der Waals surface area contributed by atoms with E-state index in [4.69, 9.17) is 15.6 Å². The Morgan fingerprint density at radius 1 is 1.25 bits per heavy atom. The van der Waals surface area contributed by atoms with Crippen LogP contribution in [0, 0.1) is 0 Å². The monoisotopic (exact) mass is 324 g/mol. The van der Waals surface area contributed by atoms with Crippen LogP contribution < -0.4 is 15.8 Å². The molecule has 1 aromatic carbocycles. The van der Waals surface area contributed by atoms with Crippen molar-refractivity contribution >= 4 is 16.9 Å². The number of rotatable bonds is 3. The smallest absolute Gasteiger partial charge is 0.164 e. The van der Waals surface area contributed by atoms with Crippen LogP contribution in [0.3, 0.4) is 0 Å². The normalized spacial score (nSPS) is 15.7. The first-order valence-corrected chi connectivity index (χ1v) is 8.12. The van der Waals surface area contributed by atoms with Crippen molar-refractivity contribution in [3.8, 4) is 17.0 Å². The van der Waals surface area contributed by atoms with Crippen molar-refractivity contribution in [2.75, 3.05) is 25.9 Å². The van der Waals surface area contributed by atoms with Crippen LogP contribution in [0.1, 0.15) is 18.9 Å². The number of fused-ring (bicyclic) bond motifs is 1. The Bertz CT molecular complexity index is 869. The molecule has 0 saturated carbocycles. The van der Waals surface area contributed by atoms with E-state index in [9.17, 15) is 0 Å². The van der Waals surface area contributed by atoms with Gasteiger partial charge in [0.05, 0.1) is 18.5 Å². The number of nitrogen functional groups attached to an aromatic ring is 1. The fraction of sp³-hybridized carbons (Fsp3) is 0.353. The van der Waals surface area contributed by atoms with E-state index >= 15 is 0 Å². The van der Waals surface area contributed by atoms with Gasteiger partial charge >= 0.3 is 0 Å². The van der Waals surface area contributed by atoms with E-state index in [0.717, 1.165) is 54.0 Å². The van der Waals surface area contributed by atoms with Crippen LogP contribution in [0.4, 0.5) is 5.82 Å². The number of benzene rings is 1. The van der Waals surface area contributed by atoms with E-state index in [2.05, 4.69) is 15.3 Å². The van der Waals surface area contributed by atoms with E-state index in [0.29, 0.717) is 11.9 Å². The topological polar surface area (TPSA) is 90.9 Å². The molecule has 0 atom stereocenters. The Kier molecular flexibility index (Phi) is 3.78. The van der Waals surface area contributed by atoms with Gasteiger partial charge < -0.3 is 15.8 Å². The van der Waals surface area contributed by atoms with Gasteiger partial charge in [-0.15, -0.1) is 0 Å². The van der Waals surface area contributed by atoms with Crippen LogP contribution in [-0.2, 0) is 0 Å². The molecule has 1 fully saturated rings. The third-order valence-corrected chi connectivity index (χ3v) is 4.52. The minimum Gasteiger partial charge on any atom is -0.497 e. The zero-order valence-electron chi connectivity index (χ0n) is 13.6. The summed E-state index contributed by atoms with van der Waals surface area (Å²) in [5.74, 6) is 1.24. The number of nitrogens with zero attached hydrogens (tertiary/aromatic N) is 4.